The van der Waals surface area contributed by atoms with Crippen LogP contribution in [0.4, 0.5) is 11.4 Å². The molecule has 28 heavy (non-hydrogen) atoms. The van der Waals surface area contributed by atoms with Gasteiger partial charge in [0.15, 0.2) is 0 Å². The maximum absolute atomic E-state index is 9.93. The van der Waals surface area contributed by atoms with Crippen LogP contribution in [0, 0.1) is 11.3 Å². The Morgan fingerprint density at radius 3 is 2.46 bits per heavy atom. The highest BCUT2D eigenvalue weighted by Crippen LogP contribution is 2.39. The predicted octanol–water partition coefficient (Wildman–Crippen LogP) is 4.70. The standard InChI is InChI=1S/C24H26N4/c25-15-20-14-18(16-27-21-10-4-5-11-21)17-28(23-13-7-6-12-22(23)26)24(20)19-8-2-1-3-9-19/h1-3,6-9,12-14,17,21,24,27H,4-5,10-11,16,26H2. The predicted molar refractivity (Wildman–Crippen MR) is 115 cm³/mol. The van der Waals surface area contributed by atoms with Crippen LogP contribution in [0.1, 0.15) is 37.3 Å². The van der Waals surface area contributed by atoms with Gasteiger partial charge in [-0.3, -0.25) is 0 Å². The molecule has 0 amide bonds. The van der Waals surface area contributed by atoms with E-state index in [-0.39, 0.29) is 6.04 Å². The number of anilines is 2. The molecule has 1 heterocycles. The smallest absolute Gasteiger partial charge is 0.0973 e. The maximum Gasteiger partial charge on any atom is 0.0973 e. The first-order chi connectivity index (χ1) is 13.8. The normalized spacial score (nSPS) is 19.8. The number of nitriles is 1. The summed E-state index contributed by atoms with van der Waals surface area (Å²) in [6, 6.07) is 20.9. The van der Waals surface area contributed by atoms with E-state index in [1.54, 1.807) is 0 Å². The summed E-state index contributed by atoms with van der Waals surface area (Å²) in [6.45, 7) is 0.764. The molecule has 0 aromatic heterocycles. The van der Waals surface area contributed by atoms with Gasteiger partial charge in [0.1, 0.15) is 0 Å². The van der Waals surface area contributed by atoms with Gasteiger partial charge in [-0.25, -0.2) is 0 Å². The SMILES string of the molecule is N#CC1=CC(CNC2CCCC2)=CN(c2ccccc2N)C1c1ccccc1. The second-order valence-electron chi connectivity index (χ2n) is 7.56. The highest BCUT2D eigenvalue weighted by atomic mass is 15.2. The maximum atomic E-state index is 9.93. The van der Waals surface area contributed by atoms with E-state index in [9.17, 15) is 5.26 Å². The first-order valence-corrected chi connectivity index (χ1v) is 10.00. The molecule has 2 aliphatic rings. The third-order valence-electron chi connectivity index (χ3n) is 5.63. The Morgan fingerprint density at radius 2 is 1.75 bits per heavy atom. The van der Waals surface area contributed by atoms with Crippen molar-refractivity contribution in [1.82, 2.24) is 5.32 Å². The van der Waals surface area contributed by atoms with E-state index >= 15 is 0 Å². The Hall–Kier alpha value is -3.03. The van der Waals surface area contributed by atoms with Crippen LogP contribution in [0.3, 0.4) is 0 Å². The van der Waals surface area contributed by atoms with Crippen molar-refractivity contribution >= 4 is 11.4 Å². The molecule has 2 aromatic carbocycles. The molecule has 1 unspecified atom stereocenters. The van der Waals surface area contributed by atoms with Crippen LogP contribution in [0.5, 0.6) is 0 Å². The van der Waals surface area contributed by atoms with Gasteiger partial charge in [-0.2, -0.15) is 5.26 Å². The molecule has 2 aromatic rings. The molecule has 3 N–H and O–H groups in total. The topological polar surface area (TPSA) is 65.1 Å². The second kappa shape index (κ2) is 8.33. The molecule has 1 aliphatic carbocycles. The first kappa shape index (κ1) is 18.3. The van der Waals surface area contributed by atoms with E-state index in [2.05, 4.69) is 34.6 Å². The molecule has 1 aliphatic heterocycles. The number of hydrogen-bond acceptors (Lipinski definition) is 4. The molecule has 0 radical (unpaired) electrons. The van der Waals surface area contributed by atoms with Crippen LogP contribution in [-0.4, -0.2) is 12.6 Å². The molecule has 142 valence electrons. The van der Waals surface area contributed by atoms with Crippen molar-refractivity contribution < 1.29 is 0 Å². The van der Waals surface area contributed by atoms with Crippen molar-refractivity contribution in [2.24, 2.45) is 0 Å². The van der Waals surface area contributed by atoms with Crippen molar-refractivity contribution in [3.63, 3.8) is 0 Å². The number of para-hydroxylation sites is 2. The third-order valence-corrected chi connectivity index (χ3v) is 5.63. The minimum absolute atomic E-state index is 0.175. The van der Waals surface area contributed by atoms with E-state index in [1.807, 2.05) is 48.5 Å². The Balaban J connectivity index is 1.71. The van der Waals surface area contributed by atoms with Gasteiger partial charge in [0.05, 0.1) is 29.1 Å². The van der Waals surface area contributed by atoms with Crippen molar-refractivity contribution in [1.29, 1.82) is 5.26 Å². The lowest BCUT2D eigenvalue weighted by atomic mass is 9.92. The monoisotopic (exact) mass is 370 g/mol. The fraction of sp³-hybridized carbons (Fsp3) is 0.292. The van der Waals surface area contributed by atoms with Crippen LogP contribution in [0.2, 0.25) is 0 Å². The van der Waals surface area contributed by atoms with Gasteiger partial charge in [0.25, 0.3) is 0 Å². The highest BCUT2D eigenvalue weighted by molar-refractivity contribution is 5.72. The minimum Gasteiger partial charge on any atom is -0.397 e. The van der Waals surface area contributed by atoms with E-state index in [0.717, 1.165) is 28.9 Å². The van der Waals surface area contributed by atoms with E-state index in [4.69, 9.17) is 5.73 Å². The number of benzene rings is 2. The largest absolute Gasteiger partial charge is 0.397 e. The summed E-state index contributed by atoms with van der Waals surface area (Å²) in [7, 11) is 0. The lowest BCUT2D eigenvalue weighted by Crippen LogP contribution is -2.32. The van der Waals surface area contributed by atoms with Gasteiger partial charge in [0, 0.05) is 18.8 Å². The lowest BCUT2D eigenvalue weighted by molar-refractivity contribution is 0.550. The zero-order valence-corrected chi connectivity index (χ0v) is 16.0. The summed E-state index contributed by atoms with van der Waals surface area (Å²) < 4.78 is 0. The molecule has 4 heteroatoms. The summed E-state index contributed by atoms with van der Waals surface area (Å²) in [4.78, 5) is 2.15. The van der Waals surface area contributed by atoms with Gasteiger partial charge < -0.3 is 16.0 Å². The lowest BCUT2D eigenvalue weighted by Gasteiger charge is -2.35. The van der Waals surface area contributed by atoms with E-state index in [0.29, 0.717) is 11.7 Å². The van der Waals surface area contributed by atoms with Crippen LogP contribution in [0.15, 0.2) is 78.0 Å². The number of nitrogens with zero attached hydrogens (tertiary/aromatic N) is 2. The molecule has 4 rings (SSSR count). The average Bonchev–Trinajstić information content (AvgIpc) is 3.26. The van der Waals surface area contributed by atoms with Crippen molar-refractivity contribution in [3.8, 4) is 6.07 Å². The molecule has 0 spiro atoms. The fourth-order valence-electron chi connectivity index (χ4n) is 4.21. The molecular formula is C24H26N4. The Labute approximate surface area is 167 Å². The quantitative estimate of drug-likeness (QED) is 0.749. The highest BCUT2D eigenvalue weighted by Gasteiger charge is 2.28. The van der Waals surface area contributed by atoms with Crippen molar-refractivity contribution in [2.45, 2.75) is 37.8 Å². The summed E-state index contributed by atoms with van der Waals surface area (Å²) in [5.41, 5.74) is 10.9. The zero-order chi connectivity index (χ0) is 19.3. The zero-order valence-electron chi connectivity index (χ0n) is 16.0. The number of rotatable bonds is 5. The number of nitrogen functional groups attached to an aromatic ring is 1. The van der Waals surface area contributed by atoms with Gasteiger partial charge >= 0.3 is 0 Å². The second-order valence-corrected chi connectivity index (χ2v) is 7.56. The summed E-state index contributed by atoms with van der Waals surface area (Å²) in [5.74, 6) is 0. The average molecular weight is 371 g/mol. The summed E-state index contributed by atoms with van der Waals surface area (Å²) >= 11 is 0. The first-order valence-electron chi connectivity index (χ1n) is 10.00. The minimum atomic E-state index is -0.175. The van der Waals surface area contributed by atoms with Gasteiger partial charge in [-0.1, -0.05) is 55.3 Å². The van der Waals surface area contributed by atoms with Gasteiger partial charge in [0.2, 0.25) is 0 Å². The molecule has 1 fully saturated rings. The van der Waals surface area contributed by atoms with Crippen LogP contribution in [-0.2, 0) is 0 Å². The van der Waals surface area contributed by atoms with Crippen LogP contribution >= 0.6 is 0 Å². The number of nitrogens with two attached hydrogens (primary N) is 1. The number of nitrogens with one attached hydrogen (secondary N) is 1. The molecule has 1 atom stereocenters. The Morgan fingerprint density at radius 1 is 1.04 bits per heavy atom. The molecular weight excluding hydrogens is 344 g/mol. The van der Waals surface area contributed by atoms with Crippen LogP contribution in [0.25, 0.3) is 0 Å². The van der Waals surface area contributed by atoms with E-state index < -0.39 is 0 Å². The summed E-state index contributed by atoms with van der Waals surface area (Å²) in [5, 5.41) is 13.6. The number of hydrogen-bond donors (Lipinski definition) is 2. The van der Waals surface area contributed by atoms with Gasteiger partial charge in [-0.05, 0) is 42.2 Å². The Bertz CT molecular complexity index is 917. The van der Waals surface area contributed by atoms with E-state index in [1.165, 1.54) is 25.7 Å². The van der Waals surface area contributed by atoms with Crippen molar-refractivity contribution in [3.05, 3.63) is 83.6 Å². The molecule has 4 nitrogen and oxygen atoms in total. The third kappa shape index (κ3) is 3.81. The Kier molecular flexibility index (Phi) is 5.45. The molecule has 0 saturated heterocycles. The van der Waals surface area contributed by atoms with Gasteiger partial charge in [-0.15, -0.1) is 0 Å². The fourth-order valence-corrected chi connectivity index (χ4v) is 4.21. The summed E-state index contributed by atoms with van der Waals surface area (Å²) in [6.07, 6.45) is 9.27. The molecule has 0 bridgehead atoms. The van der Waals surface area contributed by atoms with Crippen LogP contribution < -0.4 is 16.0 Å². The molecule has 1 saturated carbocycles. The van der Waals surface area contributed by atoms with Crippen molar-refractivity contribution in [2.75, 3.05) is 17.2 Å².